The van der Waals surface area contributed by atoms with Crippen molar-refractivity contribution in [3.8, 4) is 0 Å². The Bertz CT molecular complexity index is 97.6. The van der Waals surface area contributed by atoms with Crippen LogP contribution in [-0.2, 0) is 4.57 Å². The maximum atomic E-state index is 10.1. The molecule has 0 heterocycles. The fraction of sp³-hybridized carbons (Fsp3) is 1.00. The zero-order valence-electron chi connectivity index (χ0n) is 6.83. The smallest absolute Gasteiger partial charge is 0.594 e. The van der Waals surface area contributed by atoms with E-state index in [9.17, 15) is 9.46 Å². The summed E-state index contributed by atoms with van der Waals surface area (Å²) in [5.74, 6) is 0. The zero-order chi connectivity index (χ0) is 7.28. The monoisotopic (exact) mass is 172 g/mol. The molecule has 0 aliphatic rings. The van der Waals surface area contributed by atoms with Gasteiger partial charge < -0.3 is 4.89 Å². The summed E-state index contributed by atoms with van der Waals surface area (Å²) in [4.78, 5) is 12.0. The molecule has 0 amide bonds. The molecule has 0 saturated carbocycles. The molecule has 0 aliphatic heterocycles. The van der Waals surface area contributed by atoms with Crippen molar-refractivity contribution >= 4 is 8.03 Å². The van der Waals surface area contributed by atoms with Crippen LogP contribution >= 0.6 is 8.03 Å². The molecule has 0 N–H and O–H groups in total. The third kappa shape index (κ3) is 7.13. The van der Waals surface area contributed by atoms with Gasteiger partial charge in [0.25, 0.3) is 0 Å². The molecular weight excluding hydrogens is 160 g/mol. The first-order chi connectivity index (χ1) is 4.20. The Hall–Kier alpha value is 1.02. The first-order valence-electron chi connectivity index (χ1n) is 3.04. The normalized spacial score (nSPS) is 11.0. The minimum absolute atomic E-state index is 0. The summed E-state index contributed by atoms with van der Waals surface area (Å²) in [7, 11) is -2.23. The second-order valence-electron chi connectivity index (χ2n) is 1.78. The van der Waals surface area contributed by atoms with Gasteiger partial charge in [0.2, 0.25) is 0 Å². The van der Waals surface area contributed by atoms with Gasteiger partial charge >= 0.3 is 37.6 Å². The van der Waals surface area contributed by atoms with Crippen LogP contribution in [0.15, 0.2) is 0 Å². The van der Waals surface area contributed by atoms with Crippen LogP contribution in [0.25, 0.3) is 0 Å². The minimum Gasteiger partial charge on any atom is -0.594 e. The molecule has 0 bridgehead atoms. The summed E-state index contributed by atoms with van der Waals surface area (Å²) in [6.07, 6.45) is 0.197. The van der Waals surface area contributed by atoms with Gasteiger partial charge in [-0.3, -0.25) is 4.90 Å². The number of hydrogen-bond acceptors (Lipinski definition) is 3. The van der Waals surface area contributed by atoms with Crippen LogP contribution in [0.2, 0.25) is 0 Å². The molecule has 5 heteroatoms. The van der Waals surface area contributed by atoms with Crippen LogP contribution < -0.4 is 34.5 Å². The van der Waals surface area contributed by atoms with Crippen molar-refractivity contribution in [1.82, 2.24) is 4.90 Å². The van der Waals surface area contributed by atoms with Crippen LogP contribution in [0.3, 0.4) is 0 Å². The maximum absolute atomic E-state index is 10.1. The van der Waals surface area contributed by atoms with Gasteiger partial charge in [-0.2, -0.15) is 0 Å². The summed E-state index contributed by atoms with van der Waals surface area (Å²) in [6.45, 7) is 5.50. The van der Waals surface area contributed by atoms with Gasteiger partial charge in [-0.25, -0.2) is 0 Å². The van der Waals surface area contributed by atoms with Crippen LogP contribution in [0.4, 0.5) is 0 Å². The van der Waals surface area contributed by atoms with E-state index in [4.69, 9.17) is 0 Å². The quantitative estimate of drug-likeness (QED) is 0.345. The SMILES string of the molecule is CCN(CC)C[P+](=O)[O-].[Na+]. The second kappa shape index (κ2) is 8.12. The van der Waals surface area contributed by atoms with E-state index in [1.165, 1.54) is 0 Å². The van der Waals surface area contributed by atoms with Gasteiger partial charge in [0.15, 0.2) is 6.29 Å². The number of hydrogen-bond donors (Lipinski definition) is 0. The van der Waals surface area contributed by atoms with Gasteiger partial charge in [-0.15, -0.1) is 0 Å². The summed E-state index contributed by atoms with van der Waals surface area (Å²) in [6, 6.07) is 0. The van der Waals surface area contributed by atoms with Crippen molar-refractivity contribution in [1.29, 1.82) is 0 Å². The fourth-order valence-electron chi connectivity index (χ4n) is 0.587. The van der Waals surface area contributed by atoms with Crippen LogP contribution in [0.5, 0.6) is 0 Å². The van der Waals surface area contributed by atoms with Crippen LogP contribution in [-0.4, -0.2) is 24.3 Å². The van der Waals surface area contributed by atoms with Gasteiger partial charge in [-0.1, -0.05) is 18.4 Å². The molecule has 3 nitrogen and oxygen atoms in total. The summed E-state index contributed by atoms with van der Waals surface area (Å²) in [5, 5.41) is 0. The van der Waals surface area contributed by atoms with Crippen LogP contribution in [0, 0.1) is 0 Å². The van der Waals surface area contributed by atoms with E-state index >= 15 is 0 Å². The first kappa shape index (κ1) is 13.6. The van der Waals surface area contributed by atoms with Crippen molar-refractivity contribution in [2.45, 2.75) is 13.8 Å². The molecule has 10 heavy (non-hydrogen) atoms. The molecule has 0 aromatic carbocycles. The second-order valence-corrected chi connectivity index (χ2v) is 2.73. The van der Waals surface area contributed by atoms with Crippen molar-refractivity contribution in [2.24, 2.45) is 0 Å². The Morgan fingerprint density at radius 3 is 1.90 bits per heavy atom. The Balaban J connectivity index is 0. The van der Waals surface area contributed by atoms with E-state index in [0.29, 0.717) is 0 Å². The molecule has 0 aromatic heterocycles. The minimum atomic E-state index is -2.23. The third-order valence-electron chi connectivity index (χ3n) is 1.21. The Labute approximate surface area is 85.0 Å². The molecule has 0 aliphatic carbocycles. The average molecular weight is 172 g/mol. The van der Waals surface area contributed by atoms with E-state index in [1.807, 2.05) is 18.7 Å². The first-order valence-corrected chi connectivity index (χ1v) is 4.41. The average Bonchev–Trinajstić information content (AvgIpc) is 1.82. The molecule has 0 fully saturated rings. The largest absolute Gasteiger partial charge is 1.00 e. The molecule has 0 rings (SSSR count). The van der Waals surface area contributed by atoms with Crippen molar-refractivity contribution < 1.29 is 39.0 Å². The standard InChI is InChI=1S/C5H12NO2P.Na/c1-3-6(4-2)5-9(7)8;/h3-5H2,1-2H3;/q;+1. The maximum Gasteiger partial charge on any atom is 1.00 e. The predicted molar refractivity (Wildman–Crippen MR) is 35.4 cm³/mol. The van der Waals surface area contributed by atoms with Crippen molar-refractivity contribution in [3.63, 3.8) is 0 Å². The van der Waals surface area contributed by atoms with Gasteiger partial charge in [0.05, 0.1) is 0 Å². The molecular formula is C5H12NNaO2P+. The van der Waals surface area contributed by atoms with E-state index in [-0.39, 0.29) is 35.8 Å². The zero-order valence-corrected chi connectivity index (χ0v) is 9.73. The molecule has 54 valence electrons. The molecule has 1 unspecified atom stereocenters. The van der Waals surface area contributed by atoms with Gasteiger partial charge in [0, 0.05) is 0 Å². The molecule has 0 spiro atoms. The molecule has 1 atom stereocenters. The Morgan fingerprint density at radius 2 is 1.80 bits per heavy atom. The molecule has 0 radical (unpaired) electrons. The van der Waals surface area contributed by atoms with E-state index in [1.54, 1.807) is 0 Å². The van der Waals surface area contributed by atoms with E-state index in [0.717, 1.165) is 13.1 Å². The van der Waals surface area contributed by atoms with Crippen molar-refractivity contribution in [3.05, 3.63) is 0 Å². The van der Waals surface area contributed by atoms with Gasteiger partial charge in [-0.05, 0) is 13.1 Å². The van der Waals surface area contributed by atoms with Gasteiger partial charge in [0.1, 0.15) is 0 Å². The molecule has 0 saturated heterocycles. The number of rotatable bonds is 4. The summed E-state index contributed by atoms with van der Waals surface area (Å²) < 4.78 is 10.1. The molecule has 0 aromatic rings. The third-order valence-corrected chi connectivity index (χ3v) is 1.84. The van der Waals surface area contributed by atoms with Crippen molar-refractivity contribution in [2.75, 3.05) is 19.4 Å². The summed E-state index contributed by atoms with van der Waals surface area (Å²) >= 11 is 0. The Morgan fingerprint density at radius 1 is 1.40 bits per heavy atom. The van der Waals surface area contributed by atoms with Crippen LogP contribution in [0.1, 0.15) is 13.8 Å². The topological polar surface area (TPSA) is 43.4 Å². The van der Waals surface area contributed by atoms with E-state index in [2.05, 4.69) is 0 Å². The number of nitrogens with zero attached hydrogens (tertiary/aromatic N) is 1. The fourth-order valence-corrected chi connectivity index (χ4v) is 1.31. The van der Waals surface area contributed by atoms with E-state index < -0.39 is 8.03 Å². The predicted octanol–water partition coefficient (Wildman–Crippen LogP) is -2.61. The summed E-state index contributed by atoms with van der Waals surface area (Å²) in [5.41, 5.74) is 0. The Kier molecular flexibility index (Phi) is 11.0.